The summed E-state index contributed by atoms with van der Waals surface area (Å²) in [5.41, 5.74) is 3.47. The van der Waals surface area contributed by atoms with Gasteiger partial charge in [0.25, 0.3) is 0 Å². The number of carbonyl (C=O) groups excluding carboxylic acids is 1. The highest BCUT2D eigenvalue weighted by Gasteiger charge is 2.32. The maximum absolute atomic E-state index is 13.3. The molecule has 0 saturated heterocycles. The zero-order valence-corrected chi connectivity index (χ0v) is 20.0. The molecule has 4 aromatic rings. The lowest BCUT2D eigenvalue weighted by atomic mass is 9.95. The van der Waals surface area contributed by atoms with Crippen LogP contribution in [-0.2, 0) is 13.2 Å². The molecule has 5 heteroatoms. The van der Waals surface area contributed by atoms with E-state index in [4.69, 9.17) is 14.2 Å². The van der Waals surface area contributed by atoms with Crippen LogP contribution in [0.4, 0.5) is 0 Å². The summed E-state index contributed by atoms with van der Waals surface area (Å²) < 4.78 is 19.5. The van der Waals surface area contributed by atoms with Crippen molar-refractivity contribution in [3.8, 4) is 17.2 Å². The molecule has 170 valence electrons. The maximum atomic E-state index is 13.3. The van der Waals surface area contributed by atoms with Crippen molar-refractivity contribution in [2.75, 3.05) is 0 Å². The second kappa shape index (κ2) is 10.1. The van der Waals surface area contributed by atoms with Gasteiger partial charge >= 0.3 is 0 Å². The first-order chi connectivity index (χ1) is 16.7. The Morgan fingerprint density at radius 3 is 2.09 bits per heavy atom. The van der Waals surface area contributed by atoms with Crippen LogP contribution in [0.2, 0.25) is 0 Å². The second-order valence-electron chi connectivity index (χ2n) is 8.10. The van der Waals surface area contributed by atoms with E-state index in [0.29, 0.717) is 36.0 Å². The van der Waals surface area contributed by atoms with Crippen molar-refractivity contribution in [2.45, 2.75) is 25.7 Å². The van der Waals surface area contributed by atoms with Gasteiger partial charge in [-0.15, -0.1) is 0 Å². The average molecular weight is 515 g/mol. The molecule has 0 radical (unpaired) electrons. The van der Waals surface area contributed by atoms with Crippen LogP contribution < -0.4 is 14.2 Å². The van der Waals surface area contributed by atoms with Crippen LogP contribution in [0.25, 0.3) is 0 Å². The summed E-state index contributed by atoms with van der Waals surface area (Å²) in [4.78, 5) is 13.3. The van der Waals surface area contributed by atoms with Crippen LogP contribution in [0.5, 0.6) is 17.2 Å². The van der Waals surface area contributed by atoms with Gasteiger partial charge in [-0.2, -0.15) is 0 Å². The zero-order chi connectivity index (χ0) is 23.3. The summed E-state index contributed by atoms with van der Waals surface area (Å²) in [7, 11) is 0. The van der Waals surface area contributed by atoms with E-state index in [-0.39, 0.29) is 18.3 Å². The molecule has 0 N–H and O–H groups in total. The fourth-order valence-corrected chi connectivity index (χ4v) is 4.52. The van der Waals surface area contributed by atoms with Crippen molar-refractivity contribution in [3.05, 3.63) is 124 Å². The van der Waals surface area contributed by atoms with Gasteiger partial charge in [0.15, 0.2) is 5.78 Å². The Kier molecular flexibility index (Phi) is 6.63. The standard InChI is InChI=1S/C29H23BrO4/c30-24-14-8-7-13-23(24)26-17-25(31)29-27(33-19-21-11-5-2-6-12-21)15-22(16-28(29)34-26)32-18-20-9-3-1-4-10-20/h1-16,26H,17-19H2. The van der Waals surface area contributed by atoms with Gasteiger partial charge in [0, 0.05) is 22.2 Å². The zero-order valence-electron chi connectivity index (χ0n) is 18.4. The monoisotopic (exact) mass is 514 g/mol. The van der Waals surface area contributed by atoms with E-state index in [1.165, 1.54) is 0 Å². The quantitative estimate of drug-likeness (QED) is 0.259. The van der Waals surface area contributed by atoms with Gasteiger partial charge in [0.2, 0.25) is 0 Å². The first-order valence-electron chi connectivity index (χ1n) is 11.1. The highest BCUT2D eigenvalue weighted by atomic mass is 79.9. The van der Waals surface area contributed by atoms with Crippen molar-refractivity contribution in [1.82, 2.24) is 0 Å². The molecule has 1 atom stereocenters. The maximum Gasteiger partial charge on any atom is 0.174 e. The molecule has 1 unspecified atom stereocenters. The Labute approximate surface area is 207 Å². The van der Waals surface area contributed by atoms with Crippen molar-refractivity contribution in [1.29, 1.82) is 0 Å². The summed E-state index contributed by atoms with van der Waals surface area (Å²) in [6.07, 6.45) is -0.149. The van der Waals surface area contributed by atoms with Crippen molar-refractivity contribution < 1.29 is 19.0 Å². The first-order valence-corrected chi connectivity index (χ1v) is 11.9. The topological polar surface area (TPSA) is 44.8 Å². The molecule has 1 heterocycles. The van der Waals surface area contributed by atoms with Gasteiger partial charge in [-0.3, -0.25) is 4.79 Å². The summed E-state index contributed by atoms with van der Waals surface area (Å²) in [6, 6.07) is 31.2. The summed E-state index contributed by atoms with van der Waals surface area (Å²) in [6.45, 7) is 0.746. The largest absolute Gasteiger partial charge is 0.489 e. The Morgan fingerprint density at radius 2 is 1.41 bits per heavy atom. The van der Waals surface area contributed by atoms with E-state index in [1.54, 1.807) is 12.1 Å². The predicted octanol–water partition coefficient (Wildman–Crippen LogP) is 7.31. The second-order valence-corrected chi connectivity index (χ2v) is 8.95. The van der Waals surface area contributed by atoms with E-state index in [2.05, 4.69) is 15.9 Å². The van der Waals surface area contributed by atoms with Gasteiger partial charge in [-0.1, -0.05) is 94.8 Å². The third-order valence-corrected chi connectivity index (χ3v) is 6.42. The molecule has 1 aliphatic heterocycles. The van der Waals surface area contributed by atoms with Crippen LogP contribution in [0.15, 0.2) is 102 Å². The third-order valence-electron chi connectivity index (χ3n) is 5.70. The number of Topliss-reactive ketones (excluding diaryl/α,β-unsaturated/α-hetero) is 1. The molecule has 34 heavy (non-hydrogen) atoms. The minimum atomic E-state index is -0.387. The van der Waals surface area contributed by atoms with Crippen molar-refractivity contribution >= 4 is 21.7 Å². The first kappa shape index (κ1) is 22.2. The molecule has 0 spiro atoms. The molecule has 0 bridgehead atoms. The average Bonchev–Trinajstić information content (AvgIpc) is 2.87. The molecule has 5 rings (SSSR count). The molecular formula is C29H23BrO4. The molecule has 0 aromatic heterocycles. The van der Waals surface area contributed by atoms with Gasteiger partial charge in [-0.25, -0.2) is 0 Å². The van der Waals surface area contributed by atoms with Crippen LogP contribution in [0.1, 0.15) is 39.6 Å². The lowest BCUT2D eigenvalue weighted by Gasteiger charge is -2.28. The molecule has 1 aliphatic rings. The number of ether oxygens (including phenoxy) is 3. The highest BCUT2D eigenvalue weighted by molar-refractivity contribution is 9.10. The number of hydrogen-bond donors (Lipinski definition) is 0. The van der Waals surface area contributed by atoms with Crippen LogP contribution in [0.3, 0.4) is 0 Å². The molecule has 0 fully saturated rings. The minimum Gasteiger partial charge on any atom is -0.489 e. The number of benzene rings is 4. The van der Waals surface area contributed by atoms with Gasteiger partial charge in [0.05, 0.1) is 6.42 Å². The third kappa shape index (κ3) is 5.00. The minimum absolute atomic E-state index is 0.0142. The molecule has 0 aliphatic carbocycles. The fraction of sp³-hybridized carbons (Fsp3) is 0.138. The summed E-state index contributed by atoms with van der Waals surface area (Å²) >= 11 is 3.58. The van der Waals surface area contributed by atoms with Crippen LogP contribution in [-0.4, -0.2) is 5.78 Å². The number of ketones is 1. The van der Waals surface area contributed by atoms with E-state index < -0.39 is 0 Å². The molecular weight excluding hydrogens is 492 g/mol. The highest BCUT2D eigenvalue weighted by Crippen LogP contribution is 2.43. The lowest BCUT2D eigenvalue weighted by Crippen LogP contribution is -2.21. The van der Waals surface area contributed by atoms with E-state index in [1.807, 2.05) is 84.9 Å². The Bertz CT molecular complexity index is 1290. The number of fused-ring (bicyclic) bond motifs is 1. The van der Waals surface area contributed by atoms with Crippen molar-refractivity contribution in [3.63, 3.8) is 0 Å². The molecule has 0 saturated carbocycles. The lowest BCUT2D eigenvalue weighted by molar-refractivity contribution is 0.0840. The van der Waals surface area contributed by atoms with Crippen molar-refractivity contribution in [2.24, 2.45) is 0 Å². The summed E-state index contributed by atoms with van der Waals surface area (Å²) in [5, 5.41) is 0. The molecule has 0 amide bonds. The number of rotatable bonds is 7. The van der Waals surface area contributed by atoms with Gasteiger partial charge < -0.3 is 14.2 Å². The molecule has 4 aromatic carbocycles. The number of carbonyl (C=O) groups is 1. The smallest absolute Gasteiger partial charge is 0.174 e. The normalized spacial score (nSPS) is 14.7. The molecule has 4 nitrogen and oxygen atoms in total. The summed E-state index contributed by atoms with van der Waals surface area (Å²) in [5.74, 6) is 1.52. The number of halogens is 1. The Balaban J connectivity index is 1.47. The van der Waals surface area contributed by atoms with E-state index >= 15 is 0 Å². The predicted molar refractivity (Wildman–Crippen MR) is 134 cm³/mol. The van der Waals surface area contributed by atoms with Gasteiger partial charge in [0.1, 0.15) is 42.1 Å². The van der Waals surface area contributed by atoms with E-state index in [0.717, 1.165) is 21.2 Å². The van der Waals surface area contributed by atoms with Crippen LogP contribution in [0, 0.1) is 0 Å². The Hall–Kier alpha value is -3.57. The fourth-order valence-electron chi connectivity index (χ4n) is 3.98. The Morgan fingerprint density at radius 1 is 0.794 bits per heavy atom. The number of hydrogen-bond acceptors (Lipinski definition) is 4. The van der Waals surface area contributed by atoms with Crippen LogP contribution >= 0.6 is 15.9 Å². The van der Waals surface area contributed by atoms with Gasteiger partial charge in [-0.05, 0) is 17.2 Å². The SMILES string of the molecule is O=C1CC(c2ccccc2Br)Oc2cc(OCc3ccccc3)cc(OCc3ccccc3)c21. The van der Waals surface area contributed by atoms with E-state index in [9.17, 15) is 4.79 Å².